The van der Waals surface area contributed by atoms with Crippen molar-refractivity contribution in [3.05, 3.63) is 76.1 Å². The molecule has 0 saturated carbocycles. The molecule has 4 heterocycles. The molecule has 0 saturated heterocycles. The normalized spacial score (nSPS) is 20.0. The van der Waals surface area contributed by atoms with E-state index in [1.807, 2.05) is 24.4 Å². The van der Waals surface area contributed by atoms with Crippen LogP contribution in [0.1, 0.15) is 11.4 Å². The molecule has 0 fully saturated rings. The topological polar surface area (TPSA) is 66.4 Å². The van der Waals surface area contributed by atoms with Crippen molar-refractivity contribution in [3.8, 4) is 5.75 Å². The van der Waals surface area contributed by atoms with Crippen LogP contribution in [0.25, 0.3) is 11.2 Å². The lowest BCUT2D eigenvalue weighted by atomic mass is 9.87. The van der Waals surface area contributed by atoms with E-state index in [0.717, 1.165) is 11.4 Å². The van der Waals surface area contributed by atoms with Gasteiger partial charge in [0.2, 0.25) is 5.95 Å². The Morgan fingerprint density at radius 2 is 2.07 bits per heavy atom. The lowest BCUT2D eigenvalue weighted by Gasteiger charge is -2.28. The lowest BCUT2D eigenvalue weighted by Crippen LogP contribution is -2.34. The average molecular weight is 444 g/mol. The molecule has 3 aromatic rings. The van der Waals surface area contributed by atoms with Crippen LogP contribution in [0.5, 0.6) is 5.75 Å². The highest BCUT2D eigenvalue weighted by atomic mass is 35.5. The maximum atomic E-state index is 13.5. The van der Waals surface area contributed by atoms with Gasteiger partial charge < -0.3 is 14.6 Å². The minimum Gasteiger partial charge on any atom is -0.495 e. The zero-order chi connectivity index (χ0) is 20.9. The summed E-state index contributed by atoms with van der Waals surface area (Å²) in [5.41, 5.74) is 0.984. The van der Waals surface area contributed by atoms with Gasteiger partial charge in [-0.15, -0.1) is 0 Å². The van der Waals surface area contributed by atoms with E-state index < -0.39 is 11.5 Å². The lowest BCUT2D eigenvalue weighted by molar-refractivity contribution is 0.389. The maximum absolute atomic E-state index is 13.5. The maximum Gasteiger partial charge on any atom is 0.215 e. The van der Waals surface area contributed by atoms with Crippen molar-refractivity contribution in [2.75, 3.05) is 13.7 Å². The van der Waals surface area contributed by atoms with E-state index in [-0.39, 0.29) is 0 Å². The molecule has 1 unspecified atom stereocenters. The zero-order valence-electron chi connectivity index (χ0n) is 15.9. The number of aromatic nitrogens is 3. The van der Waals surface area contributed by atoms with E-state index in [2.05, 4.69) is 19.9 Å². The molecule has 30 heavy (non-hydrogen) atoms. The summed E-state index contributed by atoms with van der Waals surface area (Å²) < 4.78 is 18.8. The number of hydrogen-bond acceptors (Lipinski definition) is 5. The van der Waals surface area contributed by atoms with Gasteiger partial charge in [0.25, 0.3) is 0 Å². The van der Waals surface area contributed by atoms with Crippen molar-refractivity contribution in [3.63, 3.8) is 0 Å². The summed E-state index contributed by atoms with van der Waals surface area (Å²) in [5.74, 6) is 1.37. The Labute approximate surface area is 181 Å². The summed E-state index contributed by atoms with van der Waals surface area (Å²) >= 11 is 13.1. The second kappa shape index (κ2) is 7.11. The second-order valence-corrected chi connectivity index (χ2v) is 7.98. The third-order valence-corrected chi connectivity index (χ3v) is 5.85. The van der Waals surface area contributed by atoms with Crippen molar-refractivity contribution in [2.24, 2.45) is 4.99 Å². The molecule has 1 atom stereocenters. The molecule has 0 aliphatic carbocycles. The van der Waals surface area contributed by atoms with Gasteiger partial charge in [0.15, 0.2) is 5.65 Å². The quantitative estimate of drug-likeness (QED) is 0.596. The monoisotopic (exact) mass is 443 g/mol. The standard InChI is InChI=1S/C21H16Cl2FN5O/c1-30-16-9-13(22)12(8-14(16)23)21(11-29-7-3-2-4-19(29)28-21)10-18-25-15-5-6-17(24)26-20(15)27-18/h2-9H,10-11H2,1H3,(H,25,26,27). The molecule has 9 heteroatoms. The Morgan fingerprint density at radius 3 is 2.87 bits per heavy atom. The highest BCUT2D eigenvalue weighted by Gasteiger charge is 2.43. The number of hydrogen-bond donors (Lipinski definition) is 1. The summed E-state index contributed by atoms with van der Waals surface area (Å²) in [6, 6.07) is 6.40. The van der Waals surface area contributed by atoms with Crippen LogP contribution in [0.15, 0.2) is 53.7 Å². The molecule has 1 N–H and O–H groups in total. The number of amidine groups is 1. The van der Waals surface area contributed by atoms with Gasteiger partial charge in [-0.25, -0.2) is 4.98 Å². The van der Waals surface area contributed by atoms with Gasteiger partial charge in [0.05, 0.1) is 29.2 Å². The number of benzene rings is 1. The molecule has 152 valence electrons. The molecular weight excluding hydrogens is 428 g/mol. The number of aromatic amines is 1. The molecule has 5 rings (SSSR count). The molecule has 2 aliphatic heterocycles. The Morgan fingerprint density at radius 1 is 1.20 bits per heavy atom. The number of imidazole rings is 1. The number of halogens is 3. The first-order chi connectivity index (χ1) is 14.5. The van der Waals surface area contributed by atoms with Crippen molar-refractivity contribution >= 4 is 40.2 Å². The van der Waals surface area contributed by atoms with E-state index in [1.54, 1.807) is 25.3 Å². The largest absolute Gasteiger partial charge is 0.495 e. The predicted octanol–water partition coefficient (Wildman–Crippen LogP) is 4.65. The molecule has 2 aliphatic rings. The van der Waals surface area contributed by atoms with Gasteiger partial charge in [-0.05, 0) is 30.4 Å². The minimum absolute atomic E-state index is 0.321. The van der Waals surface area contributed by atoms with Crippen LogP contribution in [0.2, 0.25) is 10.0 Å². The Balaban J connectivity index is 1.64. The molecular formula is C21H16Cl2FN5O. The molecule has 0 bridgehead atoms. The van der Waals surface area contributed by atoms with Gasteiger partial charge in [-0.2, -0.15) is 9.37 Å². The molecule has 2 aromatic heterocycles. The molecule has 0 amide bonds. The van der Waals surface area contributed by atoms with Gasteiger partial charge in [-0.3, -0.25) is 4.99 Å². The van der Waals surface area contributed by atoms with E-state index in [9.17, 15) is 4.39 Å². The van der Waals surface area contributed by atoms with Crippen LogP contribution >= 0.6 is 23.2 Å². The summed E-state index contributed by atoms with van der Waals surface area (Å²) in [4.78, 5) is 18.6. The Bertz CT molecular complexity index is 1250. The Hall–Kier alpha value is -2.90. The fraction of sp³-hybridized carbons (Fsp3) is 0.190. The van der Waals surface area contributed by atoms with Crippen LogP contribution in [0, 0.1) is 5.95 Å². The van der Waals surface area contributed by atoms with E-state index in [4.69, 9.17) is 32.9 Å². The van der Waals surface area contributed by atoms with E-state index >= 15 is 0 Å². The number of aliphatic imine (C=N–C) groups is 1. The number of fused-ring (bicyclic) bond motifs is 2. The number of H-pyrrole nitrogens is 1. The summed E-state index contributed by atoms with van der Waals surface area (Å²) in [6.07, 6.45) is 8.19. The van der Waals surface area contributed by atoms with Gasteiger partial charge in [0, 0.05) is 24.3 Å². The third kappa shape index (κ3) is 3.14. The number of methoxy groups -OCH3 is 1. The predicted molar refractivity (Wildman–Crippen MR) is 115 cm³/mol. The number of pyridine rings is 1. The number of nitrogens with one attached hydrogen (secondary N) is 1. The SMILES string of the molecule is COc1cc(Cl)c(C2(Cc3nc4nc(F)ccc4[nH]3)CN3C=CC=CC3=N2)cc1Cl. The van der Waals surface area contributed by atoms with Crippen molar-refractivity contribution in [1.29, 1.82) is 0 Å². The van der Waals surface area contributed by atoms with Crippen molar-refractivity contribution in [1.82, 2.24) is 19.9 Å². The highest BCUT2D eigenvalue weighted by molar-refractivity contribution is 6.35. The number of allylic oxidation sites excluding steroid dienone is 2. The summed E-state index contributed by atoms with van der Waals surface area (Å²) in [5, 5.41) is 0.939. The first-order valence-electron chi connectivity index (χ1n) is 9.23. The molecule has 1 aromatic carbocycles. The minimum atomic E-state index is -0.756. The molecule has 0 spiro atoms. The average Bonchev–Trinajstić information content (AvgIpc) is 3.29. The van der Waals surface area contributed by atoms with Crippen LogP contribution in [0.3, 0.4) is 0 Å². The van der Waals surface area contributed by atoms with E-state index in [1.165, 1.54) is 6.07 Å². The van der Waals surface area contributed by atoms with Crippen LogP contribution in [0.4, 0.5) is 4.39 Å². The van der Waals surface area contributed by atoms with Crippen molar-refractivity contribution in [2.45, 2.75) is 12.0 Å². The van der Waals surface area contributed by atoms with Crippen molar-refractivity contribution < 1.29 is 9.13 Å². The summed E-state index contributed by atoms with van der Waals surface area (Å²) in [6.45, 7) is 0.546. The number of rotatable bonds is 4. The Kier molecular flexibility index (Phi) is 4.52. The number of nitrogens with zero attached hydrogens (tertiary/aromatic N) is 4. The summed E-state index contributed by atoms with van der Waals surface area (Å²) in [7, 11) is 1.54. The highest BCUT2D eigenvalue weighted by Crippen LogP contribution is 2.43. The first-order valence-corrected chi connectivity index (χ1v) is 9.99. The smallest absolute Gasteiger partial charge is 0.215 e. The van der Waals surface area contributed by atoms with Gasteiger partial charge in [0.1, 0.15) is 22.9 Å². The molecule has 6 nitrogen and oxygen atoms in total. The first kappa shape index (κ1) is 19.1. The van der Waals surface area contributed by atoms with Crippen LogP contribution < -0.4 is 4.74 Å². The number of ether oxygens (including phenoxy) is 1. The zero-order valence-corrected chi connectivity index (χ0v) is 17.4. The van der Waals surface area contributed by atoms with Crippen LogP contribution in [-0.4, -0.2) is 39.3 Å². The third-order valence-electron chi connectivity index (χ3n) is 5.24. The van der Waals surface area contributed by atoms with Gasteiger partial charge in [-0.1, -0.05) is 29.3 Å². The second-order valence-electron chi connectivity index (χ2n) is 7.16. The van der Waals surface area contributed by atoms with Gasteiger partial charge >= 0.3 is 0 Å². The fourth-order valence-corrected chi connectivity index (χ4v) is 4.47. The molecule has 0 radical (unpaired) electrons. The van der Waals surface area contributed by atoms with Crippen LogP contribution in [-0.2, 0) is 12.0 Å². The fourth-order valence-electron chi connectivity index (χ4n) is 3.90. The van der Waals surface area contributed by atoms with E-state index in [0.29, 0.717) is 45.7 Å².